The van der Waals surface area contributed by atoms with Gasteiger partial charge in [-0.3, -0.25) is 9.80 Å². The minimum absolute atomic E-state index is 0.657. The first-order valence-corrected chi connectivity index (χ1v) is 11.3. The minimum Gasteiger partial charge on any atom is -0.493 e. The molecule has 0 aliphatic carbocycles. The van der Waals surface area contributed by atoms with Gasteiger partial charge >= 0.3 is 0 Å². The van der Waals surface area contributed by atoms with Crippen molar-refractivity contribution in [3.8, 4) is 11.5 Å². The van der Waals surface area contributed by atoms with Crippen molar-refractivity contribution < 1.29 is 9.47 Å². The number of piperidine rings is 1. The van der Waals surface area contributed by atoms with Gasteiger partial charge in [0, 0.05) is 43.2 Å². The largest absolute Gasteiger partial charge is 0.493 e. The van der Waals surface area contributed by atoms with Crippen molar-refractivity contribution in [3.05, 3.63) is 18.5 Å². The molecule has 4 heterocycles. The molecule has 1 aromatic carbocycles. The number of anilines is 1. The lowest BCUT2D eigenvalue weighted by Crippen LogP contribution is -2.44. The second kappa shape index (κ2) is 8.19. The molecule has 2 atom stereocenters. The van der Waals surface area contributed by atoms with Crippen molar-refractivity contribution >= 4 is 16.7 Å². The van der Waals surface area contributed by atoms with Gasteiger partial charge in [-0.2, -0.15) is 0 Å². The third-order valence-corrected chi connectivity index (χ3v) is 7.52. The molecule has 2 aromatic rings. The van der Waals surface area contributed by atoms with Crippen molar-refractivity contribution in [1.29, 1.82) is 0 Å². The molecular formula is C23H33N5O2. The molecule has 0 saturated carbocycles. The Morgan fingerprint density at radius 1 is 1.00 bits per heavy atom. The molecule has 3 fully saturated rings. The maximum absolute atomic E-state index is 5.51. The monoisotopic (exact) mass is 411 g/mol. The lowest BCUT2D eigenvalue weighted by Gasteiger charge is -2.39. The predicted molar refractivity (Wildman–Crippen MR) is 118 cm³/mol. The summed E-state index contributed by atoms with van der Waals surface area (Å²) in [5.74, 6) is 3.19. The normalized spacial score (nSPS) is 24.4. The van der Waals surface area contributed by atoms with Gasteiger partial charge in [0.05, 0.1) is 26.4 Å². The Balaban J connectivity index is 1.29. The van der Waals surface area contributed by atoms with Gasteiger partial charge in [-0.25, -0.2) is 9.97 Å². The predicted octanol–water partition coefficient (Wildman–Crippen LogP) is 2.99. The molecule has 0 bridgehead atoms. The van der Waals surface area contributed by atoms with Crippen LogP contribution in [0.2, 0.25) is 0 Å². The Hall–Kier alpha value is -2.12. The Kier molecular flexibility index (Phi) is 5.41. The van der Waals surface area contributed by atoms with Crippen LogP contribution in [0.3, 0.4) is 0 Å². The van der Waals surface area contributed by atoms with Crippen molar-refractivity contribution in [3.63, 3.8) is 0 Å². The van der Waals surface area contributed by atoms with Gasteiger partial charge in [0.2, 0.25) is 0 Å². The van der Waals surface area contributed by atoms with Gasteiger partial charge in [-0.15, -0.1) is 0 Å². The van der Waals surface area contributed by atoms with Crippen molar-refractivity contribution in [2.24, 2.45) is 5.92 Å². The van der Waals surface area contributed by atoms with Gasteiger partial charge in [0.15, 0.2) is 11.5 Å². The van der Waals surface area contributed by atoms with E-state index in [-0.39, 0.29) is 0 Å². The smallest absolute Gasteiger partial charge is 0.162 e. The van der Waals surface area contributed by atoms with Gasteiger partial charge in [0.25, 0.3) is 0 Å². The molecule has 162 valence electrons. The summed E-state index contributed by atoms with van der Waals surface area (Å²) in [6.45, 7) is 8.25. The van der Waals surface area contributed by atoms with Crippen LogP contribution in [-0.4, -0.2) is 78.9 Å². The van der Waals surface area contributed by atoms with E-state index < -0.39 is 0 Å². The molecule has 0 amide bonds. The summed E-state index contributed by atoms with van der Waals surface area (Å²) in [7, 11) is 3.32. The van der Waals surface area contributed by atoms with Crippen molar-refractivity contribution in [1.82, 2.24) is 19.8 Å². The Morgan fingerprint density at radius 2 is 1.77 bits per heavy atom. The van der Waals surface area contributed by atoms with E-state index in [9.17, 15) is 0 Å². The minimum atomic E-state index is 0.657. The zero-order valence-electron chi connectivity index (χ0n) is 18.4. The highest BCUT2D eigenvalue weighted by atomic mass is 16.5. The Bertz CT molecular complexity index is 887. The Morgan fingerprint density at radius 3 is 2.50 bits per heavy atom. The number of nitrogens with zero attached hydrogens (tertiary/aromatic N) is 5. The van der Waals surface area contributed by atoms with E-state index in [1.807, 2.05) is 12.1 Å². The highest BCUT2D eigenvalue weighted by molar-refractivity contribution is 5.92. The molecule has 7 heteroatoms. The van der Waals surface area contributed by atoms with Crippen LogP contribution >= 0.6 is 0 Å². The average Bonchev–Trinajstić information content (AvgIpc) is 3.40. The van der Waals surface area contributed by atoms with Gasteiger partial charge in [-0.05, 0) is 51.1 Å². The van der Waals surface area contributed by atoms with E-state index in [2.05, 4.69) is 31.6 Å². The van der Waals surface area contributed by atoms with E-state index in [0.29, 0.717) is 11.8 Å². The summed E-state index contributed by atoms with van der Waals surface area (Å²) < 4.78 is 11.0. The van der Waals surface area contributed by atoms with E-state index in [1.165, 1.54) is 45.4 Å². The van der Waals surface area contributed by atoms with Gasteiger partial charge < -0.3 is 14.4 Å². The quantitative estimate of drug-likeness (QED) is 0.750. The highest BCUT2D eigenvalue weighted by Gasteiger charge is 2.38. The maximum Gasteiger partial charge on any atom is 0.162 e. The summed E-state index contributed by atoms with van der Waals surface area (Å²) in [6.07, 6.45) is 6.85. The number of hydrogen-bond donors (Lipinski definition) is 0. The highest BCUT2D eigenvalue weighted by Crippen LogP contribution is 2.37. The van der Waals surface area contributed by atoms with Crippen LogP contribution in [0.15, 0.2) is 18.5 Å². The fraction of sp³-hybridized carbons (Fsp3) is 0.652. The summed E-state index contributed by atoms with van der Waals surface area (Å²) in [6, 6.07) is 5.42. The number of rotatable bonds is 5. The summed E-state index contributed by atoms with van der Waals surface area (Å²) in [5.41, 5.74) is 0.894. The van der Waals surface area contributed by atoms with Crippen LogP contribution in [0.4, 0.5) is 5.82 Å². The SMILES string of the molecule is COc1cc2ncnc(N3CCC(C(C)N4CC5CCCN5C4)CC3)c2cc1OC. The number of hydrogen-bond acceptors (Lipinski definition) is 7. The molecular weight excluding hydrogens is 378 g/mol. The lowest BCUT2D eigenvalue weighted by molar-refractivity contribution is 0.142. The van der Waals surface area contributed by atoms with Crippen LogP contribution in [0.25, 0.3) is 10.9 Å². The van der Waals surface area contributed by atoms with Crippen LogP contribution in [0, 0.1) is 5.92 Å². The molecule has 30 heavy (non-hydrogen) atoms. The Labute approximate surface area is 179 Å². The second-order valence-corrected chi connectivity index (χ2v) is 9.01. The third kappa shape index (κ3) is 3.48. The molecule has 2 unspecified atom stereocenters. The van der Waals surface area contributed by atoms with Crippen molar-refractivity contribution in [2.75, 3.05) is 52.0 Å². The van der Waals surface area contributed by atoms with Gasteiger partial charge in [-0.1, -0.05) is 0 Å². The van der Waals surface area contributed by atoms with Crippen LogP contribution < -0.4 is 14.4 Å². The average molecular weight is 412 g/mol. The standard InChI is InChI=1S/C23H33N5O2/c1-16(28-13-18-5-4-8-27(18)15-28)17-6-9-26(10-7-17)23-19-11-21(29-2)22(30-3)12-20(19)24-14-25-23/h11-12,14,16-18H,4-10,13,15H2,1-3H3. The number of benzene rings is 1. The van der Waals surface area contributed by atoms with E-state index >= 15 is 0 Å². The zero-order chi connectivity index (χ0) is 20.7. The topological polar surface area (TPSA) is 54.0 Å². The number of aromatic nitrogens is 2. The van der Waals surface area contributed by atoms with Crippen molar-refractivity contribution in [2.45, 2.75) is 44.7 Å². The zero-order valence-corrected chi connectivity index (χ0v) is 18.4. The number of methoxy groups -OCH3 is 2. The molecule has 1 aromatic heterocycles. The maximum atomic E-state index is 5.51. The van der Waals surface area contributed by atoms with Crippen LogP contribution in [-0.2, 0) is 0 Å². The van der Waals surface area contributed by atoms with E-state index in [0.717, 1.165) is 47.5 Å². The van der Waals surface area contributed by atoms with Crippen LogP contribution in [0.5, 0.6) is 11.5 Å². The molecule has 0 radical (unpaired) electrons. The second-order valence-electron chi connectivity index (χ2n) is 9.01. The third-order valence-electron chi connectivity index (χ3n) is 7.52. The molecule has 3 aliphatic heterocycles. The molecule has 3 saturated heterocycles. The molecule has 3 aliphatic rings. The fourth-order valence-corrected chi connectivity index (χ4v) is 5.66. The fourth-order valence-electron chi connectivity index (χ4n) is 5.66. The van der Waals surface area contributed by atoms with Gasteiger partial charge in [0.1, 0.15) is 12.1 Å². The van der Waals surface area contributed by atoms with E-state index in [1.54, 1.807) is 20.5 Å². The summed E-state index contributed by atoms with van der Waals surface area (Å²) >= 11 is 0. The number of ether oxygens (including phenoxy) is 2. The molecule has 0 spiro atoms. The van der Waals surface area contributed by atoms with Crippen LogP contribution in [0.1, 0.15) is 32.6 Å². The first kappa shape index (κ1) is 19.8. The molecule has 5 rings (SSSR count). The van der Waals surface area contributed by atoms with E-state index in [4.69, 9.17) is 9.47 Å². The first-order chi connectivity index (χ1) is 14.7. The first-order valence-electron chi connectivity index (χ1n) is 11.3. The summed E-state index contributed by atoms with van der Waals surface area (Å²) in [5, 5.41) is 1.03. The molecule has 0 N–H and O–H groups in total. The lowest BCUT2D eigenvalue weighted by atomic mass is 9.89. The summed E-state index contributed by atoms with van der Waals surface area (Å²) in [4.78, 5) is 16.9. The molecule has 7 nitrogen and oxygen atoms in total. The number of fused-ring (bicyclic) bond motifs is 2.